The fraction of sp³-hybridized carbons (Fsp3) is 0.296. The van der Waals surface area contributed by atoms with Crippen molar-refractivity contribution in [1.29, 1.82) is 0 Å². The van der Waals surface area contributed by atoms with Gasteiger partial charge >= 0.3 is 0 Å². The fourth-order valence-corrected chi connectivity index (χ4v) is 4.96. The molecule has 2 atom stereocenters. The first-order valence-corrected chi connectivity index (χ1v) is 11.4. The number of aryl methyl sites for hydroxylation is 2. The summed E-state index contributed by atoms with van der Waals surface area (Å²) in [6.07, 6.45) is 5.98. The molecule has 0 unspecified atom stereocenters. The van der Waals surface area contributed by atoms with Gasteiger partial charge in [0.15, 0.2) is 0 Å². The molecule has 2 aromatic carbocycles. The number of amides is 2. The minimum absolute atomic E-state index is 0.0227. The Balaban J connectivity index is 1.30. The third kappa shape index (κ3) is 4.15. The van der Waals surface area contributed by atoms with E-state index in [0.29, 0.717) is 0 Å². The lowest BCUT2D eigenvalue weighted by molar-refractivity contribution is 0.0923. The van der Waals surface area contributed by atoms with E-state index < -0.39 is 0 Å². The van der Waals surface area contributed by atoms with Crippen LogP contribution in [0.25, 0.3) is 0 Å². The molecule has 0 fully saturated rings. The molecule has 5 heteroatoms. The van der Waals surface area contributed by atoms with Crippen LogP contribution in [0.5, 0.6) is 0 Å². The van der Waals surface area contributed by atoms with Crippen LogP contribution in [-0.4, -0.2) is 16.8 Å². The lowest BCUT2D eigenvalue weighted by Crippen LogP contribution is -2.33. The maximum absolute atomic E-state index is 12.9. The van der Waals surface area contributed by atoms with Crippen LogP contribution in [0.15, 0.2) is 66.7 Å². The third-order valence-electron chi connectivity index (χ3n) is 6.56. The van der Waals surface area contributed by atoms with Crippen molar-refractivity contribution in [3.8, 4) is 0 Å². The fourth-order valence-electron chi connectivity index (χ4n) is 4.96. The van der Waals surface area contributed by atoms with E-state index in [1.54, 1.807) is 18.2 Å². The molecule has 5 rings (SSSR count). The highest BCUT2D eigenvalue weighted by atomic mass is 16.2. The van der Waals surface area contributed by atoms with E-state index in [9.17, 15) is 9.59 Å². The van der Waals surface area contributed by atoms with Crippen LogP contribution >= 0.6 is 0 Å². The van der Waals surface area contributed by atoms with Crippen molar-refractivity contribution in [2.45, 2.75) is 50.6 Å². The summed E-state index contributed by atoms with van der Waals surface area (Å²) in [5.41, 5.74) is 5.47. The lowest BCUT2D eigenvalue weighted by atomic mass is 9.87. The van der Waals surface area contributed by atoms with Crippen molar-refractivity contribution < 1.29 is 9.59 Å². The zero-order chi connectivity index (χ0) is 21.9. The highest BCUT2D eigenvalue weighted by molar-refractivity contribution is 5.96. The predicted molar refractivity (Wildman–Crippen MR) is 123 cm³/mol. The third-order valence-corrected chi connectivity index (χ3v) is 6.56. The molecule has 0 saturated heterocycles. The summed E-state index contributed by atoms with van der Waals surface area (Å²) in [6, 6.07) is 21.5. The molecule has 0 radical (unpaired) electrons. The van der Waals surface area contributed by atoms with E-state index in [-0.39, 0.29) is 35.3 Å². The number of fused-ring (bicyclic) bond motifs is 2. The van der Waals surface area contributed by atoms with Crippen molar-refractivity contribution in [1.82, 2.24) is 15.6 Å². The van der Waals surface area contributed by atoms with Gasteiger partial charge in [-0.3, -0.25) is 9.59 Å². The van der Waals surface area contributed by atoms with Crippen molar-refractivity contribution in [3.63, 3.8) is 0 Å². The largest absolute Gasteiger partial charge is 0.344 e. The van der Waals surface area contributed by atoms with Crippen LogP contribution in [0.2, 0.25) is 0 Å². The van der Waals surface area contributed by atoms with Crippen LogP contribution in [-0.2, 0) is 12.8 Å². The zero-order valence-electron chi connectivity index (χ0n) is 18.0. The number of hydrogen-bond donors (Lipinski definition) is 2. The summed E-state index contributed by atoms with van der Waals surface area (Å²) < 4.78 is 0. The molecule has 2 aliphatic carbocycles. The molecule has 2 amide bonds. The molecule has 0 spiro atoms. The summed E-state index contributed by atoms with van der Waals surface area (Å²) in [6.45, 7) is 0. The van der Waals surface area contributed by atoms with Crippen LogP contribution in [0, 0.1) is 0 Å². The number of rotatable bonds is 4. The molecular weight excluding hydrogens is 398 g/mol. The van der Waals surface area contributed by atoms with E-state index in [0.717, 1.165) is 38.5 Å². The molecule has 2 N–H and O–H groups in total. The van der Waals surface area contributed by atoms with Crippen LogP contribution in [0.1, 0.15) is 81.0 Å². The number of nitrogens with one attached hydrogen (secondary N) is 2. The second-order valence-corrected chi connectivity index (χ2v) is 8.64. The van der Waals surface area contributed by atoms with E-state index in [4.69, 9.17) is 0 Å². The Morgan fingerprint density at radius 3 is 1.62 bits per heavy atom. The quantitative estimate of drug-likeness (QED) is 0.637. The SMILES string of the molecule is O=C(N[C@H]1CCCc2ccccc21)c1cccc(C(=O)N[C@H]2CCCc3ccccc32)n1. The molecule has 1 heterocycles. The Hall–Kier alpha value is -3.47. The van der Waals surface area contributed by atoms with Gasteiger partial charge in [0.2, 0.25) is 0 Å². The molecular formula is C27H27N3O2. The zero-order valence-corrected chi connectivity index (χ0v) is 18.0. The van der Waals surface area contributed by atoms with Crippen molar-refractivity contribution in [2.75, 3.05) is 0 Å². The molecule has 0 saturated carbocycles. The Bertz CT molecular complexity index is 1070. The molecule has 3 aromatic rings. The molecule has 162 valence electrons. The Kier molecular flexibility index (Phi) is 5.71. The molecule has 1 aromatic heterocycles. The van der Waals surface area contributed by atoms with E-state index in [1.807, 2.05) is 24.3 Å². The number of hydrogen-bond acceptors (Lipinski definition) is 3. The van der Waals surface area contributed by atoms with Gasteiger partial charge in [-0.25, -0.2) is 4.98 Å². The van der Waals surface area contributed by atoms with Gasteiger partial charge in [0.1, 0.15) is 11.4 Å². The average Bonchev–Trinajstić information content (AvgIpc) is 2.84. The maximum Gasteiger partial charge on any atom is 0.270 e. The van der Waals surface area contributed by atoms with Gasteiger partial charge in [-0.1, -0.05) is 54.6 Å². The minimum Gasteiger partial charge on any atom is -0.344 e. The number of nitrogens with zero attached hydrogens (tertiary/aromatic N) is 1. The Labute approximate surface area is 188 Å². The number of benzene rings is 2. The Morgan fingerprint density at radius 1 is 0.656 bits per heavy atom. The summed E-state index contributed by atoms with van der Waals surface area (Å²) in [4.78, 5) is 30.3. The monoisotopic (exact) mass is 425 g/mol. The second-order valence-electron chi connectivity index (χ2n) is 8.64. The van der Waals surface area contributed by atoms with E-state index in [1.165, 1.54) is 22.3 Å². The number of carbonyl (C=O) groups excluding carboxylic acids is 2. The van der Waals surface area contributed by atoms with Crippen molar-refractivity contribution in [3.05, 3.63) is 100 Å². The maximum atomic E-state index is 12.9. The van der Waals surface area contributed by atoms with E-state index >= 15 is 0 Å². The van der Waals surface area contributed by atoms with Crippen LogP contribution in [0.3, 0.4) is 0 Å². The Morgan fingerprint density at radius 2 is 1.12 bits per heavy atom. The van der Waals surface area contributed by atoms with E-state index in [2.05, 4.69) is 39.9 Å². The normalized spacial score (nSPS) is 19.4. The second kappa shape index (κ2) is 8.95. The van der Waals surface area contributed by atoms with Crippen LogP contribution in [0.4, 0.5) is 0 Å². The first-order chi connectivity index (χ1) is 15.7. The van der Waals surface area contributed by atoms with Gasteiger partial charge in [0.05, 0.1) is 12.1 Å². The summed E-state index contributed by atoms with van der Waals surface area (Å²) in [5, 5.41) is 6.24. The highest BCUT2D eigenvalue weighted by Crippen LogP contribution is 2.30. The average molecular weight is 426 g/mol. The van der Waals surface area contributed by atoms with Crippen molar-refractivity contribution in [2.24, 2.45) is 0 Å². The first-order valence-electron chi connectivity index (χ1n) is 11.4. The number of pyridine rings is 1. The molecule has 32 heavy (non-hydrogen) atoms. The van der Waals surface area contributed by atoms with Gasteiger partial charge in [0, 0.05) is 0 Å². The number of carbonyl (C=O) groups is 2. The predicted octanol–water partition coefficient (Wildman–Crippen LogP) is 4.70. The summed E-state index contributed by atoms with van der Waals surface area (Å²) >= 11 is 0. The smallest absolute Gasteiger partial charge is 0.270 e. The number of aromatic nitrogens is 1. The van der Waals surface area contributed by atoms with Gasteiger partial charge in [0.25, 0.3) is 11.8 Å². The molecule has 2 aliphatic rings. The van der Waals surface area contributed by atoms with Crippen LogP contribution < -0.4 is 10.6 Å². The topological polar surface area (TPSA) is 71.1 Å². The van der Waals surface area contributed by atoms with Crippen molar-refractivity contribution >= 4 is 11.8 Å². The minimum atomic E-state index is -0.246. The van der Waals surface area contributed by atoms with Gasteiger partial charge < -0.3 is 10.6 Å². The first kappa shape index (κ1) is 20.4. The molecule has 0 bridgehead atoms. The molecule has 5 nitrogen and oxygen atoms in total. The highest BCUT2D eigenvalue weighted by Gasteiger charge is 2.24. The summed E-state index contributed by atoms with van der Waals surface area (Å²) in [7, 11) is 0. The van der Waals surface area contributed by atoms with Gasteiger partial charge in [-0.2, -0.15) is 0 Å². The molecule has 0 aliphatic heterocycles. The lowest BCUT2D eigenvalue weighted by Gasteiger charge is -2.26. The van der Waals surface area contributed by atoms with Gasteiger partial charge in [-0.05, 0) is 72.9 Å². The summed E-state index contributed by atoms with van der Waals surface area (Å²) in [5.74, 6) is -0.492. The van der Waals surface area contributed by atoms with Gasteiger partial charge in [-0.15, -0.1) is 0 Å². The standard InChI is InChI=1S/C27H27N3O2/c31-26(29-22-14-5-10-18-8-1-3-12-20(18)22)24-16-7-17-25(28-24)27(32)30-23-15-6-11-19-9-2-4-13-21(19)23/h1-4,7-9,12-13,16-17,22-23H,5-6,10-11,14-15H2,(H,29,31)(H,30,32)/t22-,23-/m0/s1.